The van der Waals surface area contributed by atoms with Crippen LogP contribution in [-0.2, 0) is 10.8 Å². The highest BCUT2D eigenvalue weighted by Gasteiger charge is 2.61. The molecule has 0 bridgehead atoms. The number of para-hydroxylation sites is 6. The summed E-state index contributed by atoms with van der Waals surface area (Å²) < 4.78 is 13.9. The Hall–Kier alpha value is -9.20. The Kier molecular flexibility index (Phi) is 8.70. The van der Waals surface area contributed by atoms with Crippen LogP contribution in [0.25, 0.3) is 66.1 Å². The van der Waals surface area contributed by atoms with Crippen molar-refractivity contribution in [2.45, 2.75) is 10.8 Å². The predicted molar refractivity (Wildman–Crippen MR) is 314 cm³/mol. The van der Waals surface area contributed by atoms with Gasteiger partial charge in [-0.1, -0.05) is 194 Å². The molecule has 10 aromatic carbocycles. The minimum atomic E-state index is -0.714. The second-order valence-electron chi connectivity index (χ2n) is 20.2. The summed E-state index contributed by atoms with van der Waals surface area (Å²) in [6, 6.07) is 93.7. The fraction of sp³-hybridized carbons (Fsp3) is 0.0286. The third-order valence-corrected chi connectivity index (χ3v) is 19.0. The van der Waals surface area contributed by atoms with Gasteiger partial charge in [0.2, 0.25) is 0 Å². The van der Waals surface area contributed by atoms with Crippen LogP contribution in [0.3, 0.4) is 0 Å². The number of hydrogen-bond donors (Lipinski definition) is 0. The maximum atomic E-state index is 6.93. The molecule has 4 heterocycles. The Morgan fingerprint density at radius 1 is 0.289 bits per heavy atom. The predicted octanol–water partition coefficient (Wildman–Crippen LogP) is 19.6. The zero-order chi connectivity index (χ0) is 49.7. The van der Waals surface area contributed by atoms with E-state index in [9.17, 15) is 0 Å². The molecule has 0 saturated carbocycles. The molecule has 6 heteroatoms. The Labute approximate surface area is 446 Å². The Balaban J connectivity index is 1.03. The summed E-state index contributed by atoms with van der Waals surface area (Å²) in [5, 5.41) is 6.63. The first-order chi connectivity index (χ1) is 37.7. The number of thiophene rings is 2. The average molecular weight is 1010 g/mol. The normalized spacial score (nSPS) is 14.0. The molecule has 0 aliphatic heterocycles. The Morgan fingerprint density at radius 2 is 0.618 bits per heavy atom. The summed E-state index contributed by atoms with van der Waals surface area (Å²) in [5.41, 5.74) is 19.0. The maximum absolute atomic E-state index is 6.93. The van der Waals surface area contributed by atoms with Crippen LogP contribution in [0.5, 0.6) is 0 Å². The van der Waals surface area contributed by atoms with E-state index < -0.39 is 10.8 Å². The molecule has 3 aliphatic carbocycles. The van der Waals surface area contributed by atoms with Gasteiger partial charge in [0, 0.05) is 42.7 Å². The van der Waals surface area contributed by atoms with Crippen molar-refractivity contribution in [3.8, 4) is 22.3 Å². The van der Waals surface area contributed by atoms with E-state index in [4.69, 9.17) is 8.83 Å². The van der Waals surface area contributed by atoms with Crippen molar-refractivity contribution in [2.24, 2.45) is 0 Å². The molecule has 2 spiro atoms. The van der Waals surface area contributed by atoms with Gasteiger partial charge in [-0.2, -0.15) is 0 Å². The quantitative estimate of drug-likeness (QED) is 0.166. The Morgan fingerprint density at radius 3 is 1.01 bits per heavy atom. The highest BCUT2D eigenvalue weighted by atomic mass is 32.1. The van der Waals surface area contributed by atoms with Gasteiger partial charge in [0.15, 0.2) is 11.2 Å². The topological polar surface area (TPSA) is 32.8 Å². The van der Waals surface area contributed by atoms with Crippen molar-refractivity contribution in [1.29, 1.82) is 0 Å². The van der Waals surface area contributed by atoms with Gasteiger partial charge < -0.3 is 8.83 Å². The molecule has 0 atom stereocenters. The third-order valence-electron chi connectivity index (χ3n) is 16.6. The van der Waals surface area contributed by atoms with Crippen LogP contribution in [-0.4, -0.2) is 0 Å². The molecule has 17 rings (SSSR count). The average Bonchev–Trinajstić information content (AvgIpc) is 4.04. The highest BCUT2D eigenvalue weighted by molar-refractivity contribution is 7.18. The van der Waals surface area contributed by atoms with E-state index in [1.807, 2.05) is 22.7 Å². The highest BCUT2D eigenvalue weighted by Crippen LogP contribution is 2.72. The molecule has 0 fully saturated rings. The van der Waals surface area contributed by atoms with E-state index >= 15 is 0 Å². The minimum absolute atomic E-state index is 0.714. The van der Waals surface area contributed by atoms with E-state index in [-0.39, 0.29) is 0 Å². The lowest BCUT2D eigenvalue weighted by atomic mass is 9.58. The van der Waals surface area contributed by atoms with Crippen molar-refractivity contribution in [3.05, 3.63) is 298 Å². The van der Waals surface area contributed by atoms with Gasteiger partial charge in [-0.25, -0.2) is 0 Å². The monoisotopic (exact) mass is 1010 g/mol. The van der Waals surface area contributed by atoms with E-state index in [1.165, 1.54) is 65.4 Å². The lowest BCUT2D eigenvalue weighted by Gasteiger charge is -2.45. The number of fused-ring (bicyclic) bond motifs is 22. The molecule has 3 aliphatic rings. The number of benzene rings is 10. The summed E-state index contributed by atoms with van der Waals surface area (Å²) in [6.45, 7) is 0. The standard InChI is InChI=1S/C70H42N2O2S2/c1-3-21-43(22-4-1)71(59-37-19-31-51-49-29-11-17-39-61(49)73-65(51)59)63-41-57-67(75-63)70(55-35-15-9-27-47(55)48-28-10-16-36-56(48)70)58-42-64(76-68(58)69(57)53-33-13-7-25-45(53)46-26-8-14-34-54(46)69)72(44-23-5-2-6-24-44)60-38-20-32-52-50-30-12-18-40-62(50)74-66(52)60/h1-42H. The summed E-state index contributed by atoms with van der Waals surface area (Å²) >= 11 is 3.84. The van der Waals surface area contributed by atoms with Gasteiger partial charge >= 0.3 is 0 Å². The van der Waals surface area contributed by atoms with Crippen LogP contribution in [0.4, 0.5) is 32.8 Å². The molecular formula is C70H42N2O2S2. The summed E-state index contributed by atoms with van der Waals surface area (Å²) in [6.07, 6.45) is 0. The van der Waals surface area contributed by atoms with E-state index in [1.54, 1.807) is 0 Å². The van der Waals surface area contributed by atoms with Crippen molar-refractivity contribution in [1.82, 2.24) is 0 Å². The second kappa shape index (κ2) is 15.7. The van der Waals surface area contributed by atoms with Crippen molar-refractivity contribution in [3.63, 3.8) is 0 Å². The van der Waals surface area contributed by atoms with Crippen LogP contribution in [0, 0.1) is 0 Å². The summed E-state index contributed by atoms with van der Waals surface area (Å²) in [4.78, 5) is 7.54. The van der Waals surface area contributed by atoms with Crippen LogP contribution < -0.4 is 9.80 Å². The van der Waals surface area contributed by atoms with Gasteiger partial charge in [0.05, 0.1) is 22.2 Å². The fourth-order valence-electron chi connectivity index (χ4n) is 13.6. The molecule has 0 radical (unpaired) electrons. The minimum Gasteiger partial charge on any atom is -0.454 e. The number of furan rings is 2. The number of anilines is 6. The molecule has 4 nitrogen and oxygen atoms in total. The van der Waals surface area contributed by atoms with E-state index in [0.29, 0.717) is 0 Å². The van der Waals surface area contributed by atoms with Gasteiger partial charge in [-0.3, -0.25) is 9.80 Å². The first-order valence-electron chi connectivity index (χ1n) is 25.9. The zero-order valence-corrected chi connectivity index (χ0v) is 42.4. The van der Waals surface area contributed by atoms with Gasteiger partial charge in [0.1, 0.15) is 21.2 Å². The zero-order valence-electron chi connectivity index (χ0n) is 40.8. The fourth-order valence-corrected chi connectivity index (χ4v) is 16.6. The maximum Gasteiger partial charge on any atom is 0.159 e. The Bertz CT molecular complexity index is 4260. The van der Waals surface area contributed by atoms with Gasteiger partial charge in [0.25, 0.3) is 0 Å². The lowest BCUT2D eigenvalue weighted by molar-refractivity contribution is 0.662. The SMILES string of the molecule is c1ccc(N(c2cc3c(s2)C2(c4ccccc4-c4ccccc42)c2cc(N(c4ccccc4)c4cccc5c4oc4ccccc45)sc2C32c3ccccc3-c3ccccc32)c2cccc3c2oc2ccccc23)cc1. The van der Waals surface area contributed by atoms with Crippen molar-refractivity contribution in [2.75, 3.05) is 9.80 Å². The van der Waals surface area contributed by atoms with Crippen LogP contribution in [0.2, 0.25) is 0 Å². The van der Waals surface area contributed by atoms with Crippen molar-refractivity contribution < 1.29 is 8.83 Å². The summed E-state index contributed by atoms with van der Waals surface area (Å²) in [5.74, 6) is 0. The second-order valence-corrected chi connectivity index (χ2v) is 22.2. The molecule has 0 saturated heterocycles. The van der Waals surface area contributed by atoms with E-state index in [0.717, 1.165) is 76.6 Å². The number of rotatable bonds is 6. The molecule has 14 aromatic rings. The van der Waals surface area contributed by atoms with Crippen molar-refractivity contribution >= 4 is 99.3 Å². The smallest absolute Gasteiger partial charge is 0.159 e. The van der Waals surface area contributed by atoms with Crippen LogP contribution in [0.15, 0.2) is 264 Å². The molecule has 0 amide bonds. The van der Waals surface area contributed by atoms with Gasteiger partial charge in [-0.15, -0.1) is 22.7 Å². The first-order valence-corrected chi connectivity index (χ1v) is 27.5. The summed E-state index contributed by atoms with van der Waals surface area (Å²) in [7, 11) is 0. The largest absolute Gasteiger partial charge is 0.454 e. The molecule has 0 unspecified atom stereocenters. The lowest BCUT2D eigenvalue weighted by Crippen LogP contribution is -2.41. The molecular weight excluding hydrogens is 965 g/mol. The molecule has 0 N–H and O–H groups in total. The van der Waals surface area contributed by atoms with Gasteiger partial charge in [-0.05, 0) is 116 Å². The number of nitrogens with zero attached hydrogens (tertiary/aromatic N) is 2. The number of hydrogen-bond acceptors (Lipinski definition) is 6. The molecule has 4 aromatic heterocycles. The first kappa shape index (κ1) is 42.2. The third kappa shape index (κ3) is 5.41. The molecule has 356 valence electrons. The van der Waals surface area contributed by atoms with Crippen LogP contribution >= 0.6 is 22.7 Å². The van der Waals surface area contributed by atoms with Crippen LogP contribution in [0.1, 0.15) is 43.1 Å². The molecule has 76 heavy (non-hydrogen) atoms. The van der Waals surface area contributed by atoms with E-state index in [2.05, 4.69) is 265 Å².